The van der Waals surface area contributed by atoms with Gasteiger partial charge in [-0.3, -0.25) is 0 Å². The molecule has 0 aliphatic heterocycles. The molecule has 0 aromatic carbocycles. The fourth-order valence-electron chi connectivity index (χ4n) is 0.663. The molecule has 0 N–H and O–H groups in total. The van der Waals surface area contributed by atoms with E-state index in [1.807, 2.05) is 13.8 Å². The largest absolute Gasteiger partial charge is 0.417 e. The Balaban J connectivity index is 3.66. The highest BCUT2D eigenvalue weighted by molar-refractivity contribution is 6.69. The molecule has 0 atom stereocenters. The zero-order chi connectivity index (χ0) is 9.83. The van der Waals surface area contributed by atoms with Crippen molar-refractivity contribution in [2.75, 3.05) is 6.61 Å². The van der Waals surface area contributed by atoms with Crippen molar-refractivity contribution in [1.29, 1.82) is 0 Å². The Bertz CT molecular complexity index is 176. The van der Waals surface area contributed by atoms with Crippen molar-refractivity contribution in [3.63, 3.8) is 0 Å². The van der Waals surface area contributed by atoms with Crippen LogP contribution in [-0.2, 0) is 4.43 Å². The minimum absolute atomic E-state index is 0.250. The molecule has 0 radical (unpaired) electrons. The molecule has 0 saturated heterocycles. The van der Waals surface area contributed by atoms with Gasteiger partial charge in [0.1, 0.15) is 0 Å². The van der Waals surface area contributed by atoms with Crippen LogP contribution in [0.2, 0.25) is 19.6 Å². The second-order valence-corrected chi connectivity index (χ2v) is 9.15. The van der Waals surface area contributed by atoms with Crippen LogP contribution in [0.3, 0.4) is 0 Å². The highest BCUT2D eigenvalue weighted by Gasteiger charge is 2.24. The molecule has 0 saturated carbocycles. The van der Waals surface area contributed by atoms with Crippen molar-refractivity contribution in [1.82, 2.24) is 0 Å². The van der Waals surface area contributed by atoms with Gasteiger partial charge in [0.25, 0.3) is 0 Å². The first-order valence-electron chi connectivity index (χ1n) is 4.29. The fourth-order valence-corrected chi connectivity index (χ4v) is 1.38. The normalized spacial score (nSPS) is 12.7. The van der Waals surface area contributed by atoms with Gasteiger partial charge in [-0.2, -0.15) is 0 Å². The first-order valence-corrected chi connectivity index (χ1v) is 7.70. The van der Waals surface area contributed by atoms with Crippen LogP contribution in [0, 0.1) is 6.57 Å². The summed E-state index contributed by atoms with van der Waals surface area (Å²) in [6.45, 7) is 18.0. The van der Waals surface area contributed by atoms with Crippen LogP contribution < -0.4 is 0 Å². The van der Waals surface area contributed by atoms with Crippen LogP contribution in [0.4, 0.5) is 0 Å². The molecule has 0 bridgehead atoms. The SMILES string of the molecule is [C-]#[N+]C(C)(C)CCO[Si](C)(C)C. The molecule has 0 spiro atoms. The maximum Gasteiger partial charge on any atom is 0.229 e. The van der Waals surface area contributed by atoms with Crippen LogP contribution in [0.1, 0.15) is 20.3 Å². The summed E-state index contributed by atoms with van der Waals surface area (Å²) in [4.78, 5) is 3.53. The summed E-state index contributed by atoms with van der Waals surface area (Å²) in [6, 6.07) is 0. The van der Waals surface area contributed by atoms with Gasteiger partial charge >= 0.3 is 0 Å². The summed E-state index contributed by atoms with van der Waals surface area (Å²) in [7, 11) is -1.37. The van der Waals surface area contributed by atoms with Gasteiger partial charge < -0.3 is 9.27 Å². The van der Waals surface area contributed by atoms with E-state index in [0.29, 0.717) is 0 Å². The Labute approximate surface area is 76.9 Å². The van der Waals surface area contributed by atoms with Gasteiger partial charge in [0.2, 0.25) is 5.54 Å². The van der Waals surface area contributed by atoms with E-state index in [9.17, 15) is 0 Å². The van der Waals surface area contributed by atoms with Gasteiger partial charge in [0, 0.05) is 26.9 Å². The zero-order valence-corrected chi connectivity index (χ0v) is 9.77. The monoisotopic (exact) mass is 185 g/mol. The summed E-state index contributed by atoms with van der Waals surface area (Å²) in [5.41, 5.74) is -0.250. The second-order valence-electron chi connectivity index (χ2n) is 4.64. The van der Waals surface area contributed by atoms with Gasteiger partial charge in [-0.25, -0.2) is 6.57 Å². The molecular formula is C9H19NOSi. The highest BCUT2D eigenvalue weighted by atomic mass is 28.4. The van der Waals surface area contributed by atoms with Gasteiger partial charge in [-0.1, -0.05) is 0 Å². The Hall–Kier alpha value is -0.333. The lowest BCUT2D eigenvalue weighted by molar-refractivity contribution is 0.281. The van der Waals surface area contributed by atoms with E-state index in [1.54, 1.807) is 0 Å². The van der Waals surface area contributed by atoms with Crippen molar-refractivity contribution < 1.29 is 4.43 Å². The fraction of sp³-hybridized carbons (Fsp3) is 0.889. The average molecular weight is 185 g/mol. The zero-order valence-electron chi connectivity index (χ0n) is 8.77. The Morgan fingerprint density at radius 3 is 2.17 bits per heavy atom. The van der Waals surface area contributed by atoms with Crippen LogP contribution in [0.5, 0.6) is 0 Å². The second kappa shape index (κ2) is 4.06. The summed E-state index contributed by atoms with van der Waals surface area (Å²) in [5, 5.41) is 0. The third-order valence-corrected chi connectivity index (χ3v) is 2.62. The van der Waals surface area contributed by atoms with Crippen LogP contribution in [-0.4, -0.2) is 20.5 Å². The summed E-state index contributed by atoms with van der Waals surface area (Å²) in [5.74, 6) is 0. The molecule has 70 valence electrons. The van der Waals surface area contributed by atoms with Crippen molar-refractivity contribution in [3.8, 4) is 0 Å². The molecule has 3 heteroatoms. The van der Waals surface area contributed by atoms with E-state index in [2.05, 4.69) is 24.5 Å². The lowest BCUT2D eigenvalue weighted by atomic mass is 10.0. The van der Waals surface area contributed by atoms with Crippen LogP contribution in [0.15, 0.2) is 0 Å². The summed E-state index contributed by atoms with van der Waals surface area (Å²) < 4.78 is 5.66. The first kappa shape index (κ1) is 11.7. The third-order valence-electron chi connectivity index (χ3n) is 1.55. The average Bonchev–Trinajstić information content (AvgIpc) is 1.84. The van der Waals surface area contributed by atoms with Gasteiger partial charge in [0.05, 0.1) is 0 Å². The van der Waals surface area contributed by atoms with E-state index in [-0.39, 0.29) is 5.54 Å². The standard InChI is InChI=1S/C9H19NOSi/c1-9(2,10-3)7-8-11-12(4,5)6/h7-8H2,1-2,4-6H3. The summed E-state index contributed by atoms with van der Waals surface area (Å²) >= 11 is 0. The number of hydrogen-bond donors (Lipinski definition) is 0. The van der Waals surface area contributed by atoms with Crippen molar-refractivity contribution >= 4 is 8.32 Å². The maximum atomic E-state index is 6.92. The minimum Gasteiger partial charge on any atom is -0.417 e. The van der Waals surface area contributed by atoms with E-state index < -0.39 is 8.32 Å². The molecule has 2 nitrogen and oxygen atoms in total. The van der Waals surface area contributed by atoms with Crippen LogP contribution >= 0.6 is 0 Å². The van der Waals surface area contributed by atoms with E-state index in [4.69, 9.17) is 11.0 Å². The minimum atomic E-state index is -1.37. The number of nitrogens with zero attached hydrogens (tertiary/aromatic N) is 1. The topological polar surface area (TPSA) is 13.6 Å². The Kier molecular flexibility index (Phi) is 3.95. The molecule has 0 aliphatic carbocycles. The Morgan fingerprint density at radius 1 is 1.33 bits per heavy atom. The van der Waals surface area contributed by atoms with Crippen molar-refractivity contribution in [3.05, 3.63) is 11.4 Å². The third kappa shape index (κ3) is 6.38. The predicted octanol–water partition coefficient (Wildman–Crippen LogP) is 2.93. The number of hydrogen-bond acceptors (Lipinski definition) is 1. The lowest BCUT2D eigenvalue weighted by Crippen LogP contribution is -2.28. The molecule has 0 unspecified atom stereocenters. The van der Waals surface area contributed by atoms with Gasteiger partial charge in [-0.15, -0.1) is 0 Å². The maximum absolute atomic E-state index is 6.92. The van der Waals surface area contributed by atoms with E-state index >= 15 is 0 Å². The quantitative estimate of drug-likeness (QED) is 0.485. The molecule has 12 heavy (non-hydrogen) atoms. The lowest BCUT2D eigenvalue weighted by Gasteiger charge is -2.19. The van der Waals surface area contributed by atoms with Crippen molar-refractivity contribution in [2.24, 2.45) is 0 Å². The molecule has 0 heterocycles. The number of rotatable bonds is 4. The molecule has 0 aromatic rings. The highest BCUT2D eigenvalue weighted by Crippen LogP contribution is 2.15. The molecule has 0 aliphatic rings. The van der Waals surface area contributed by atoms with E-state index in [0.717, 1.165) is 13.0 Å². The van der Waals surface area contributed by atoms with E-state index in [1.165, 1.54) is 0 Å². The molecule has 0 rings (SSSR count). The smallest absolute Gasteiger partial charge is 0.229 e. The Morgan fingerprint density at radius 2 is 1.83 bits per heavy atom. The van der Waals surface area contributed by atoms with Gasteiger partial charge in [-0.05, 0) is 19.6 Å². The summed E-state index contributed by atoms with van der Waals surface area (Å²) in [6.07, 6.45) is 0.834. The first-order chi connectivity index (χ1) is 5.27. The molecule has 0 fully saturated rings. The van der Waals surface area contributed by atoms with Crippen LogP contribution in [0.25, 0.3) is 4.85 Å². The molecular weight excluding hydrogens is 166 g/mol. The molecule has 0 amide bonds. The molecule has 0 aromatic heterocycles. The van der Waals surface area contributed by atoms with Gasteiger partial charge in [0.15, 0.2) is 8.32 Å². The predicted molar refractivity (Wildman–Crippen MR) is 54.6 cm³/mol. The van der Waals surface area contributed by atoms with Crippen molar-refractivity contribution in [2.45, 2.75) is 45.4 Å².